The Labute approximate surface area is 200 Å². The lowest BCUT2D eigenvalue weighted by atomic mass is 10.1. The van der Waals surface area contributed by atoms with Crippen molar-refractivity contribution in [1.82, 2.24) is 0 Å². The Hall–Kier alpha value is -4.17. The highest BCUT2D eigenvalue weighted by Crippen LogP contribution is 2.14. The van der Waals surface area contributed by atoms with Crippen LogP contribution in [0.2, 0.25) is 0 Å². The molecular formula is C21H26N4O9S. The Morgan fingerprint density at radius 1 is 0.829 bits per heavy atom. The molecule has 2 rings (SSSR count). The molecule has 2 amide bonds. The standard InChI is InChI=1S/C11H14N2O3.C10H12N2O6S/c1-7(6-10(14)15)11(16)13-9-4-2-8(12)3-5-9;11-6-1-3-7(4-2-6)12-9(13)5-8(10(14)15)19(16,17)18/h2-5,7H,6,12H2,1H3,(H,13,16)(H,14,15);1-4,8H,5,11H2,(H,12,13)(H,14,15)(H,16,17,18). The number of anilines is 4. The second kappa shape index (κ2) is 12.9. The van der Waals surface area contributed by atoms with Crippen LogP contribution in [0, 0.1) is 5.92 Å². The van der Waals surface area contributed by atoms with E-state index in [-0.39, 0.29) is 12.3 Å². The Balaban J connectivity index is 0.000000355. The molecule has 2 aromatic rings. The van der Waals surface area contributed by atoms with E-state index in [2.05, 4.69) is 10.6 Å². The van der Waals surface area contributed by atoms with Crippen LogP contribution in [-0.2, 0) is 29.3 Å². The summed E-state index contributed by atoms with van der Waals surface area (Å²) in [5, 5.41) is 19.9. The van der Waals surface area contributed by atoms with Gasteiger partial charge in [-0.3, -0.25) is 23.7 Å². The first-order valence-corrected chi connectivity index (χ1v) is 11.4. The molecule has 0 saturated heterocycles. The van der Waals surface area contributed by atoms with Crippen LogP contribution in [0.25, 0.3) is 0 Å². The fraction of sp³-hybridized carbons (Fsp3) is 0.238. The van der Waals surface area contributed by atoms with Crippen LogP contribution in [0.1, 0.15) is 19.8 Å². The van der Waals surface area contributed by atoms with Crippen LogP contribution in [0.4, 0.5) is 22.7 Å². The van der Waals surface area contributed by atoms with Gasteiger partial charge in [-0.1, -0.05) is 6.92 Å². The quantitative estimate of drug-likeness (QED) is 0.187. The van der Waals surface area contributed by atoms with Gasteiger partial charge >= 0.3 is 11.9 Å². The maximum Gasteiger partial charge on any atom is 0.324 e. The van der Waals surface area contributed by atoms with E-state index in [0.29, 0.717) is 22.7 Å². The summed E-state index contributed by atoms with van der Waals surface area (Å²) in [6.07, 6.45) is -1.07. The van der Waals surface area contributed by atoms with Crippen LogP contribution in [0.3, 0.4) is 0 Å². The average molecular weight is 511 g/mol. The first kappa shape index (κ1) is 28.9. The van der Waals surface area contributed by atoms with Gasteiger partial charge in [-0.05, 0) is 48.5 Å². The number of aliphatic carboxylic acids is 2. The number of nitrogens with one attached hydrogen (secondary N) is 2. The highest BCUT2D eigenvalue weighted by molar-refractivity contribution is 7.87. The molecule has 9 N–H and O–H groups in total. The van der Waals surface area contributed by atoms with Gasteiger partial charge in [0.25, 0.3) is 10.1 Å². The molecular weight excluding hydrogens is 484 g/mol. The number of hydrogen-bond acceptors (Lipinski definition) is 8. The van der Waals surface area contributed by atoms with E-state index < -0.39 is 45.6 Å². The third-order valence-corrected chi connectivity index (χ3v) is 5.39. The number of carboxylic acids is 2. The largest absolute Gasteiger partial charge is 0.481 e. The Bertz CT molecular complexity index is 1150. The van der Waals surface area contributed by atoms with Crippen molar-refractivity contribution in [3.05, 3.63) is 48.5 Å². The number of rotatable bonds is 9. The Morgan fingerprint density at radius 2 is 1.26 bits per heavy atom. The molecule has 2 atom stereocenters. The highest BCUT2D eigenvalue weighted by atomic mass is 32.2. The molecule has 0 radical (unpaired) electrons. The summed E-state index contributed by atoms with van der Waals surface area (Å²) in [5.74, 6) is -4.51. The maximum absolute atomic E-state index is 11.5. The number of benzene rings is 2. The number of carbonyl (C=O) groups excluding carboxylic acids is 2. The smallest absolute Gasteiger partial charge is 0.324 e. The predicted molar refractivity (Wildman–Crippen MR) is 128 cm³/mol. The Morgan fingerprint density at radius 3 is 1.63 bits per heavy atom. The summed E-state index contributed by atoms with van der Waals surface area (Å²) < 4.78 is 30.3. The molecule has 0 aliphatic carbocycles. The van der Waals surface area contributed by atoms with Crippen LogP contribution in [0.15, 0.2) is 48.5 Å². The minimum atomic E-state index is -4.84. The third kappa shape index (κ3) is 11.0. The van der Waals surface area contributed by atoms with Gasteiger partial charge in [-0.15, -0.1) is 0 Å². The molecule has 190 valence electrons. The lowest BCUT2D eigenvalue weighted by Crippen LogP contribution is -2.33. The van der Waals surface area contributed by atoms with Crippen LogP contribution < -0.4 is 22.1 Å². The predicted octanol–water partition coefficient (Wildman–Crippen LogP) is 1.26. The number of nitrogens with two attached hydrogens (primary N) is 2. The van der Waals surface area contributed by atoms with Crippen LogP contribution in [0.5, 0.6) is 0 Å². The summed E-state index contributed by atoms with van der Waals surface area (Å²) in [6, 6.07) is 12.6. The van der Waals surface area contributed by atoms with E-state index in [1.165, 1.54) is 24.3 Å². The van der Waals surface area contributed by atoms with E-state index >= 15 is 0 Å². The molecule has 0 heterocycles. The molecule has 35 heavy (non-hydrogen) atoms. The van der Waals surface area contributed by atoms with E-state index in [1.54, 1.807) is 31.2 Å². The monoisotopic (exact) mass is 510 g/mol. The van der Waals surface area contributed by atoms with Gasteiger partial charge in [-0.2, -0.15) is 8.42 Å². The molecule has 0 aliphatic rings. The van der Waals surface area contributed by atoms with Crippen molar-refractivity contribution >= 4 is 56.6 Å². The number of amides is 2. The zero-order chi connectivity index (χ0) is 26.8. The van der Waals surface area contributed by atoms with Gasteiger partial charge in [0.1, 0.15) is 0 Å². The lowest BCUT2D eigenvalue weighted by molar-refractivity contribution is -0.140. The van der Waals surface area contributed by atoms with E-state index in [1.807, 2.05) is 0 Å². The van der Waals surface area contributed by atoms with Crippen LogP contribution in [-0.4, -0.2) is 52.2 Å². The van der Waals surface area contributed by atoms with Crippen molar-refractivity contribution in [2.75, 3.05) is 22.1 Å². The van der Waals surface area contributed by atoms with Gasteiger partial charge in [0.2, 0.25) is 11.8 Å². The maximum atomic E-state index is 11.5. The molecule has 0 fully saturated rings. The fourth-order valence-corrected chi connectivity index (χ4v) is 3.07. The van der Waals surface area contributed by atoms with Gasteiger partial charge < -0.3 is 32.3 Å². The second-order valence-corrected chi connectivity index (χ2v) is 8.93. The highest BCUT2D eigenvalue weighted by Gasteiger charge is 2.33. The van der Waals surface area contributed by atoms with Gasteiger partial charge in [0, 0.05) is 28.7 Å². The van der Waals surface area contributed by atoms with E-state index in [0.717, 1.165) is 0 Å². The first-order valence-electron chi connectivity index (χ1n) is 9.91. The first-order chi connectivity index (χ1) is 16.2. The SMILES string of the molecule is CC(CC(=O)O)C(=O)Nc1ccc(N)cc1.Nc1ccc(NC(=O)CC(C(=O)O)S(=O)(=O)O)cc1. The second-order valence-electron chi connectivity index (χ2n) is 7.33. The summed E-state index contributed by atoms with van der Waals surface area (Å²) >= 11 is 0. The van der Waals surface area contributed by atoms with Gasteiger partial charge in [-0.25, -0.2) is 0 Å². The van der Waals surface area contributed by atoms with Crippen molar-refractivity contribution in [2.45, 2.75) is 25.0 Å². The molecule has 0 aromatic heterocycles. The molecule has 0 aliphatic heterocycles. The summed E-state index contributed by atoms with van der Waals surface area (Å²) in [4.78, 5) is 44.1. The molecule has 13 nitrogen and oxygen atoms in total. The van der Waals surface area contributed by atoms with Crippen LogP contribution >= 0.6 is 0 Å². The topological polar surface area (TPSA) is 239 Å². The molecule has 2 unspecified atom stereocenters. The summed E-state index contributed by atoms with van der Waals surface area (Å²) in [5.41, 5.74) is 12.9. The number of carboxylic acid groups (broad SMARTS) is 2. The van der Waals surface area contributed by atoms with Gasteiger partial charge in [0.15, 0.2) is 5.25 Å². The summed E-state index contributed by atoms with van der Waals surface area (Å²) in [7, 11) is -4.84. The number of nitrogen functional groups attached to an aromatic ring is 2. The molecule has 2 aromatic carbocycles. The molecule has 14 heteroatoms. The zero-order valence-electron chi connectivity index (χ0n) is 18.5. The fourth-order valence-electron chi connectivity index (χ4n) is 2.45. The summed E-state index contributed by atoms with van der Waals surface area (Å²) in [6.45, 7) is 1.57. The molecule has 0 bridgehead atoms. The lowest BCUT2D eigenvalue weighted by Gasteiger charge is -2.10. The van der Waals surface area contributed by atoms with Gasteiger partial charge in [0.05, 0.1) is 12.8 Å². The van der Waals surface area contributed by atoms with E-state index in [9.17, 15) is 27.6 Å². The van der Waals surface area contributed by atoms with Crippen molar-refractivity contribution in [3.8, 4) is 0 Å². The van der Waals surface area contributed by atoms with Crippen molar-refractivity contribution in [1.29, 1.82) is 0 Å². The number of hydrogen-bond donors (Lipinski definition) is 7. The minimum absolute atomic E-state index is 0.180. The average Bonchev–Trinajstić information content (AvgIpc) is 2.74. The van der Waals surface area contributed by atoms with Crippen molar-refractivity contribution in [2.24, 2.45) is 5.92 Å². The zero-order valence-corrected chi connectivity index (χ0v) is 19.4. The third-order valence-electron chi connectivity index (χ3n) is 4.31. The van der Waals surface area contributed by atoms with Crippen molar-refractivity contribution in [3.63, 3.8) is 0 Å². The molecule has 0 spiro atoms. The van der Waals surface area contributed by atoms with Crippen molar-refractivity contribution < 1.29 is 42.4 Å². The minimum Gasteiger partial charge on any atom is -0.481 e. The molecule has 0 saturated carbocycles. The normalized spacial score (nSPS) is 12.3. The number of carbonyl (C=O) groups is 4. The Kier molecular flexibility index (Phi) is 10.6. The van der Waals surface area contributed by atoms with E-state index in [4.69, 9.17) is 26.2 Å².